The summed E-state index contributed by atoms with van der Waals surface area (Å²) in [5, 5.41) is 17.0. The number of aliphatic hydroxyl groups excluding tert-OH is 1. The lowest BCUT2D eigenvalue weighted by Crippen LogP contribution is -2.41. The van der Waals surface area contributed by atoms with E-state index in [4.69, 9.17) is 5.11 Å². The van der Waals surface area contributed by atoms with E-state index in [0.717, 1.165) is 38.9 Å². The van der Waals surface area contributed by atoms with E-state index < -0.39 is 0 Å². The van der Waals surface area contributed by atoms with Gasteiger partial charge < -0.3 is 10.0 Å². The maximum Gasteiger partial charge on any atom is 0.222 e. The van der Waals surface area contributed by atoms with Crippen LogP contribution in [0.4, 0.5) is 0 Å². The zero-order valence-electron chi connectivity index (χ0n) is 13.4. The Balaban J connectivity index is 1.48. The Morgan fingerprint density at radius 2 is 2.32 bits per heavy atom. The highest BCUT2D eigenvalue weighted by Crippen LogP contribution is 2.48. The molecule has 1 aliphatic heterocycles. The second kappa shape index (κ2) is 6.36. The van der Waals surface area contributed by atoms with Gasteiger partial charge in [0.1, 0.15) is 5.69 Å². The van der Waals surface area contributed by atoms with E-state index in [-0.39, 0.29) is 6.61 Å². The minimum absolute atomic E-state index is 0.0754. The van der Waals surface area contributed by atoms with Crippen LogP contribution >= 0.6 is 0 Å². The number of rotatable bonds is 6. The molecule has 3 rings (SSSR count). The first-order chi connectivity index (χ1) is 10.6. The zero-order chi connectivity index (χ0) is 15.6. The number of likely N-dealkylation sites (tertiary alicyclic amines) is 1. The molecule has 2 fully saturated rings. The standard InChI is InChI=1S/C16H26N4O2/c1-16(6-7-16)5-4-15(22)19-8-2-3-13(9-19)10-20-11-14(12-21)17-18-20/h11,13,21H,2-10,12H2,1H3/t13-/m0/s1. The average molecular weight is 306 g/mol. The number of hydrogen-bond donors (Lipinski definition) is 1. The average Bonchev–Trinajstić information content (AvgIpc) is 3.09. The summed E-state index contributed by atoms with van der Waals surface area (Å²) in [6.07, 6.45) is 8.27. The third kappa shape index (κ3) is 3.85. The predicted molar refractivity (Wildman–Crippen MR) is 81.8 cm³/mol. The molecule has 1 atom stereocenters. The number of amides is 1. The van der Waals surface area contributed by atoms with Crippen LogP contribution in [0.1, 0.15) is 51.1 Å². The van der Waals surface area contributed by atoms with Crippen molar-refractivity contribution in [2.24, 2.45) is 11.3 Å². The van der Waals surface area contributed by atoms with Gasteiger partial charge in [0, 0.05) is 26.1 Å². The third-order valence-corrected chi connectivity index (χ3v) is 5.11. The number of carbonyl (C=O) groups excluding carboxylic acids is 1. The molecule has 1 aliphatic carbocycles. The predicted octanol–water partition coefficient (Wildman–Crippen LogP) is 1.59. The lowest BCUT2D eigenvalue weighted by molar-refractivity contribution is -0.133. The fourth-order valence-corrected chi connectivity index (χ4v) is 3.24. The highest BCUT2D eigenvalue weighted by molar-refractivity contribution is 5.76. The molecule has 1 saturated heterocycles. The van der Waals surface area contributed by atoms with Gasteiger partial charge in [0.05, 0.1) is 12.8 Å². The van der Waals surface area contributed by atoms with Gasteiger partial charge in [-0.1, -0.05) is 12.1 Å². The van der Waals surface area contributed by atoms with Crippen LogP contribution in [0.5, 0.6) is 0 Å². The molecule has 1 saturated carbocycles. The highest BCUT2D eigenvalue weighted by Gasteiger charge is 2.37. The van der Waals surface area contributed by atoms with E-state index in [1.807, 2.05) is 4.90 Å². The zero-order valence-corrected chi connectivity index (χ0v) is 13.4. The maximum absolute atomic E-state index is 12.4. The van der Waals surface area contributed by atoms with Crippen molar-refractivity contribution in [2.75, 3.05) is 13.1 Å². The Kier molecular flexibility index (Phi) is 4.47. The van der Waals surface area contributed by atoms with Gasteiger partial charge in [-0.2, -0.15) is 0 Å². The van der Waals surface area contributed by atoms with Crippen LogP contribution in [-0.2, 0) is 17.9 Å². The molecule has 0 aromatic carbocycles. The number of hydrogen-bond acceptors (Lipinski definition) is 4. The maximum atomic E-state index is 12.4. The number of nitrogens with zero attached hydrogens (tertiary/aromatic N) is 4. The minimum atomic E-state index is -0.0754. The number of aromatic nitrogens is 3. The summed E-state index contributed by atoms with van der Waals surface area (Å²) in [6.45, 7) is 4.69. The van der Waals surface area contributed by atoms with E-state index in [2.05, 4.69) is 17.2 Å². The summed E-state index contributed by atoms with van der Waals surface area (Å²) < 4.78 is 1.79. The van der Waals surface area contributed by atoms with Gasteiger partial charge in [-0.05, 0) is 43.4 Å². The Bertz CT molecular complexity index is 524. The molecular weight excluding hydrogens is 280 g/mol. The summed E-state index contributed by atoms with van der Waals surface area (Å²) in [5.74, 6) is 0.745. The molecule has 122 valence electrons. The quantitative estimate of drug-likeness (QED) is 0.866. The van der Waals surface area contributed by atoms with Crippen molar-refractivity contribution in [3.8, 4) is 0 Å². The fourth-order valence-electron chi connectivity index (χ4n) is 3.24. The minimum Gasteiger partial charge on any atom is -0.390 e. The molecule has 0 spiro atoms. The fraction of sp³-hybridized carbons (Fsp3) is 0.812. The smallest absolute Gasteiger partial charge is 0.222 e. The normalized spacial score (nSPS) is 23.5. The molecule has 22 heavy (non-hydrogen) atoms. The van der Waals surface area contributed by atoms with Crippen molar-refractivity contribution in [2.45, 2.75) is 58.6 Å². The van der Waals surface area contributed by atoms with Crippen molar-refractivity contribution >= 4 is 5.91 Å². The van der Waals surface area contributed by atoms with Crippen LogP contribution in [0, 0.1) is 11.3 Å². The number of aliphatic hydroxyl groups is 1. The molecule has 6 nitrogen and oxygen atoms in total. The highest BCUT2D eigenvalue weighted by atomic mass is 16.3. The molecule has 2 heterocycles. The Labute approximate surface area is 131 Å². The molecule has 0 unspecified atom stereocenters. The summed E-state index contributed by atoms with van der Waals surface area (Å²) in [5.41, 5.74) is 1.05. The first-order valence-corrected chi connectivity index (χ1v) is 8.36. The number of piperidine rings is 1. The first-order valence-electron chi connectivity index (χ1n) is 8.36. The molecule has 2 aliphatic rings. The van der Waals surface area contributed by atoms with E-state index in [9.17, 15) is 4.79 Å². The Morgan fingerprint density at radius 1 is 1.50 bits per heavy atom. The molecule has 1 amide bonds. The second-order valence-electron chi connectivity index (χ2n) is 7.25. The molecule has 0 bridgehead atoms. The molecule has 1 aromatic rings. The second-order valence-corrected chi connectivity index (χ2v) is 7.25. The molecule has 1 aromatic heterocycles. The van der Waals surface area contributed by atoms with Crippen LogP contribution in [0.2, 0.25) is 0 Å². The molecule has 6 heteroatoms. The summed E-state index contributed by atoms with van der Waals surface area (Å²) in [6, 6.07) is 0. The van der Waals surface area contributed by atoms with E-state index >= 15 is 0 Å². The topological polar surface area (TPSA) is 71.2 Å². The SMILES string of the molecule is CC1(CCC(=O)N2CCC[C@H](Cn3cc(CO)nn3)C2)CC1. The third-order valence-electron chi connectivity index (χ3n) is 5.11. The van der Waals surface area contributed by atoms with Gasteiger partial charge in [-0.25, -0.2) is 0 Å². The van der Waals surface area contributed by atoms with Gasteiger partial charge in [0.25, 0.3) is 0 Å². The van der Waals surface area contributed by atoms with Crippen molar-refractivity contribution in [3.63, 3.8) is 0 Å². The Hall–Kier alpha value is -1.43. The van der Waals surface area contributed by atoms with Crippen molar-refractivity contribution in [1.82, 2.24) is 19.9 Å². The number of carbonyl (C=O) groups is 1. The Morgan fingerprint density at radius 3 is 3.00 bits per heavy atom. The van der Waals surface area contributed by atoms with Crippen molar-refractivity contribution < 1.29 is 9.90 Å². The monoisotopic (exact) mass is 306 g/mol. The van der Waals surface area contributed by atoms with E-state index in [0.29, 0.717) is 29.4 Å². The van der Waals surface area contributed by atoms with Crippen LogP contribution in [0.3, 0.4) is 0 Å². The van der Waals surface area contributed by atoms with Gasteiger partial charge >= 0.3 is 0 Å². The summed E-state index contributed by atoms with van der Waals surface area (Å²) in [7, 11) is 0. The molecule has 0 radical (unpaired) electrons. The van der Waals surface area contributed by atoms with Crippen LogP contribution in [0.15, 0.2) is 6.20 Å². The summed E-state index contributed by atoms with van der Waals surface area (Å²) >= 11 is 0. The van der Waals surface area contributed by atoms with Crippen LogP contribution in [0.25, 0.3) is 0 Å². The first kappa shape index (κ1) is 15.5. The van der Waals surface area contributed by atoms with Gasteiger partial charge in [-0.15, -0.1) is 5.10 Å². The van der Waals surface area contributed by atoms with E-state index in [1.54, 1.807) is 10.9 Å². The van der Waals surface area contributed by atoms with Gasteiger partial charge in [-0.3, -0.25) is 9.48 Å². The van der Waals surface area contributed by atoms with Gasteiger partial charge in [0.2, 0.25) is 5.91 Å². The lowest BCUT2D eigenvalue weighted by Gasteiger charge is -2.33. The molecular formula is C16H26N4O2. The van der Waals surface area contributed by atoms with Crippen LogP contribution in [-0.4, -0.2) is 44.0 Å². The van der Waals surface area contributed by atoms with Crippen LogP contribution < -0.4 is 0 Å². The van der Waals surface area contributed by atoms with E-state index in [1.165, 1.54) is 12.8 Å². The van der Waals surface area contributed by atoms with Crippen molar-refractivity contribution in [3.05, 3.63) is 11.9 Å². The van der Waals surface area contributed by atoms with Crippen molar-refractivity contribution in [1.29, 1.82) is 0 Å². The van der Waals surface area contributed by atoms with Gasteiger partial charge in [0.15, 0.2) is 0 Å². The molecule has 1 N–H and O–H groups in total. The summed E-state index contributed by atoms with van der Waals surface area (Å²) in [4.78, 5) is 14.4. The lowest BCUT2D eigenvalue weighted by atomic mass is 9.96. The largest absolute Gasteiger partial charge is 0.390 e.